The molecule has 0 spiro atoms. The first-order valence-electron chi connectivity index (χ1n) is 3.35. The Hall–Kier alpha value is -0.970. The van der Waals surface area contributed by atoms with Gasteiger partial charge in [0.15, 0.2) is 0 Å². The van der Waals surface area contributed by atoms with E-state index in [2.05, 4.69) is 4.98 Å². The Bertz CT molecular complexity index is 317. The molecule has 0 bridgehead atoms. The van der Waals surface area contributed by atoms with Gasteiger partial charge in [0.25, 0.3) is 6.43 Å². The molecule has 0 fully saturated rings. The molecule has 0 saturated heterocycles. The molecule has 1 aromatic rings. The number of hydrogen-bond acceptors (Lipinski definition) is 2. The zero-order valence-corrected chi connectivity index (χ0v) is 7.15. The maximum Gasteiger partial charge on any atom is 0.267 e. The Balaban J connectivity index is 3.30. The smallest absolute Gasteiger partial charge is 0.267 e. The lowest BCUT2D eigenvalue weighted by molar-refractivity contribution is 0.150. The van der Waals surface area contributed by atoms with Crippen molar-refractivity contribution in [3.8, 4) is 0 Å². The van der Waals surface area contributed by atoms with E-state index in [0.29, 0.717) is 0 Å². The van der Waals surface area contributed by atoms with E-state index in [0.717, 1.165) is 6.07 Å². The summed E-state index contributed by atoms with van der Waals surface area (Å²) in [7, 11) is 0. The van der Waals surface area contributed by atoms with Gasteiger partial charge in [-0.25, -0.2) is 13.8 Å². The molecule has 6 heteroatoms. The second-order valence-electron chi connectivity index (χ2n) is 2.33. The van der Waals surface area contributed by atoms with Crippen molar-refractivity contribution >= 4 is 17.3 Å². The van der Waals surface area contributed by atoms with Crippen LogP contribution in [-0.2, 0) is 5.88 Å². The summed E-state index contributed by atoms with van der Waals surface area (Å²) in [6, 6.07) is 0.748. The summed E-state index contributed by atoms with van der Waals surface area (Å²) in [5, 5.41) is 0. The lowest BCUT2D eigenvalue weighted by atomic mass is 10.2. The molecular formula is C7H6ClF3N2. The fourth-order valence-corrected chi connectivity index (χ4v) is 1.15. The number of nitrogen functional groups attached to an aromatic ring is 1. The van der Waals surface area contributed by atoms with Gasteiger partial charge in [-0.05, 0) is 0 Å². The molecule has 0 amide bonds. The summed E-state index contributed by atoms with van der Waals surface area (Å²) in [6.07, 6.45) is -2.79. The van der Waals surface area contributed by atoms with Crippen LogP contribution in [0.3, 0.4) is 0 Å². The fourth-order valence-electron chi connectivity index (χ4n) is 0.948. The second kappa shape index (κ2) is 3.83. The third-order valence-electron chi connectivity index (χ3n) is 1.48. The van der Waals surface area contributed by atoms with E-state index in [4.69, 9.17) is 17.3 Å². The summed E-state index contributed by atoms with van der Waals surface area (Å²) in [5.74, 6) is -1.20. The molecule has 0 aromatic carbocycles. The first-order valence-corrected chi connectivity index (χ1v) is 3.88. The molecule has 2 nitrogen and oxygen atoms in total. The van der Waals surface area contributed by atoms with E-state index in [9.17, 15) is 13.2 Å². The van der Waals surface area contributed by atoms with Gasteiger partial charge in [-0.2, -0.15) is 4.39 Å². The SMILES string of the molecule is Nc1cc(F)nc(CCl)c1C(F)F. The molecule has 0 radical (unpaired) electrons. The van der Waals surface area contributed by atoms with Gasteiger partial charge in [0.05, 0.1) is 17.1 Å². The highest BCUT2D eigenvalue weighted by atomic mass is 35.5. The first kappa shape index (κ1) is 10.1. The van der Waals surface area contributed by atoms with Gasteiger partial charge in [0.2, 0.25) is 5.95 Å². The van der Waals surface area contributed by atoms with E-state index in [1.807, 2.05) is 0 Å². The van der Waals surface area contributed by atoms with E-state index in [1.54, 1.807) is 0 Å². The highest BCUT2D eigenvalue weighted by molar-refractivity contribution is 6.17. The highest BCUT2D eigenvalue weighted by Crippen LogP contribution is 2.28. The second-order valence-corrected chi connectivity index (χ2v) is 2.60. The summed E-state index contributed by atoms with van der Waals surface area (Å²) in [4.78, 5) is 3.22. The van der Waals surface area contributed by atoms with Crippen molar-refractivity contribution in [2.24, 2.45) is 0 Å². The van der Waals surface area contributed by atoms with Crippen LogP contribution in [0.4, 0.5) is 18.9 Å². The molecule has 0 aliphatic rings. The van der Waals surface area contributed by atoms with Crippen molar-refractivity contribution in [2.75, 3.05) is 5.73 Å². The summed E-state index contributed by atoms with van der Waals surface area (Å²) in [5.41, 5.74) is 4.16. The predicted molar refractivity (Wildman–Crippen MR) is 43.1 cm³/mol. The van der Waals surface area contributed by atoms with Gasteiger partial charge in [0, 0.05) is 11.8 Å². The third kappa shape index (κ3) is 2.03. The summed E-state index contributed by atoms with van der Waals surface area (Å²) in [6.45, 7) is 0. The molecule has 1 rings (SSSR count). The average molecular weight is 211 g/mol. The number of nitrogens with two attached hydrogens (primary N) is 1. The Morgan fingerprint density at radius 3 is 2.62 bits per heavy atom. The third-order valence-corrected chi connectivity index (χ3v) is 1.74. The molecule has 0 atom stereocenters. The maximum absolute atomic E-state index is 12.6. The topological polar surface area (TPSA) is 38.9 Å². The van der Waals surface area contributed by atoms with E-state index in [-0.39, 0.29) is 17.3 Å². The van der Waals surface area contributed by atoms with E-state index in [1.165, 1.54) is 0 Å². The van der Waals surface area contributed by atoms with Gasteiger partial charge < -0.3 is 5.73 Å². The van der Waals surface area contributed by atoms with Gasteiger partial charge >= 0.3 is 0 Å². The van der Waals surface area contributed by atoms with Crippen LogP contribution >= 0.6 is 11.6 Å². The van der Waals surface area contributed by atoms with Crippen LogP contribution in [0.25, 0.3) is 0 Å². The minimum absolute atomic E-state index is 0.214. The maximum atomic E-state index is 12.6. The minimum Gasteiger partial charge on any atom is -0.398 e. The lowest BCUT2D eigenvalue weighted by Gasteiger charge is -2.08. The van der Waals surface area contributed by atoms with Crippen molar-refractivity contribution in [3.63, 3.8) is 0 Å². The van der Waals surface area contributed by atoms with Crippen LogP contribution in [0.1, 0.15) is 17.7 Å². The van der Waals surface area contributed by atoms with Crippen LogP contribution in [-0.4, -0.2) is 4.98 Å². The van der Waals surface area contributed by atoms with Crippen molar-refractivity contribution in [3.05, 3.63) is 23.3 Å². The summed E-state index contributed by atoms with van der Waals surface area (Å²) < 4.78 is 37.2. The number of aromatic nitrogens is 1. The van der Waals surface area contributed by atoms with Gasteiger partial charge in [-0.15, -0.1) is 11.6 Å². The van der Waals surface area contributed by atoms with Gasteiger partial charge in [-0.3, -0.25) is 0 Å². The Kier molecular flexibility index (Phi) is 2.98. The number of rotatable bonds is 2. The zero-order valence-electron chi connectivity index (χ0n) is 6.40. The number of pyridine rings is 1. The number of halogens is 4. The fraction of sp³-hybridized carbons (Fsp3) is 0.286. The van der Waals surface area contributed by atoms with Crippen LogP contribution < -0.4 is 5.73 Å². The normalized spacial score (nSPS) is 10.8. The van der Waals surface area contributed by atoms with Crippen molar-refractivity contribution in [1.82, 2.24) is 4.98 Å². The quantitative estimate of drug-likeness (QED) is 0.602. The van der Waals surface area contributed by atoms with E-state index < -0.39 is 17.9 Å². The molecule has 0 aliphatic heterocycles. The molecule has 13 heavy (non-hydrogen) atoms. The van der Waals surface area contributed by atoms with Gasteiger partial charge in [-0.1, -0.05) is 0 Å². The lowest BCUT2D eigenvalue weighted by Crippen LogP contribution is -2.04. The highest BCUT2D eigenvalue weighted by Gasteiger charge is 2.18. The first-order chi connectivity index (χ1) is 6.06. The number of nitrogens with zero attached hydrogens (tertiary/aromatic N) is 1. The van der Waals surface area contributed by atoms with Crippen molar-refractivity contribution < 1.29 is 13.2 Å². The molecule has 0 aliphatic carbocycles. The average Bonchev–Trinajstić information content (AvgIpc) is 2.01. The monoisotopic (exact) mass is 210 g/mol. The Morgan fingerprint density at radius 1 is 1.54 bits per heavy atom. The van der Waals surface area contributed by atoms with Gasteiger partial charge in [0.1, 0.15) is 0 Å². The molecule has 0 unspecified atom stereocenters. The molecule has 1 heterocycles. The van der Waals surface area contributed by atoms with Crippen molar-refractivity contribution in [1.29, 1.82) is 0 Å². The van der Waals surface area contributed by atoms with Crippen LogP contribution in [0.15, 0.2) is 6.07 Å². The minimum atomic E-state index is -2.79. The molecule has 0 saturated carbocycles. The predicted octanol–water partition coefficient (Wildman–Crippen LogP) is 2.48. The van der Waals surface area contributed by atoms with Crippen LogP contribution in [0.5, 0.6) is 0 Å². The van der Waals surface area contributed by atoms with Crippen LogP contribution in [0.2, 0.25) is 0 Å². The Labute approximate surface area is 77.5 Å². The largest absolute Gasteiger partial charge is 0.398 e. The van der Waals surface area contributed by atoms with E-state index >= 15 is 0 Å². The molecule has 72 valence electrons. The van der Waals surface area contributed by atoms with Crippen molar-refractivity contribution in [2.45, 2.75) is 12.3 Å². The standard InChI is InChI=1S/C7H6ClF3N2/c8-2-4-6(7(10)11)3(12)1-5(9)13-4/h1,7H,2H2,(H2,12,13). The zero-order chi connectivity index (χ0) is 10.0. The molecule has 1 aromatic heterocycles. The number of anilines is 1. The Morgan fingerprint density at radius 2 is 2.15 bits per heavy atom. The molecule has 2 N–H and O–H groups in total. The number of hydrogen-bond donors (Lipinski definition) is 1. The summed E-state index contributed by atoms with van der Waals surface area (Å²) >= 11 is 5.30. The molecular weight excluding hydrogens is 205 g/mol. The van der Waals surface area contributed by atoms with Crippen LogP contribution in [0, 0.1) is 5.95 Å². The number of alkyl halides is 3.